The Hall–Kier alpha value is -2.58. The number of aromatic nitrogens is 1. The minimum absolute atomic E-state index is 0.0555. The monoisotopic (exact) mass is 479 g/mol. The fourth-order valence-corrected chi connectivity index (χ4v) is 3.95. The predicted octanol–water partition coefficient (Wildman–Crippen LogP) is 4.16. The summed E-state index contributed by atoms with van der Waals surface area (Å²) in [6.45, 7) is 5.70. The van der Waals surface area contributed by atoms with Gasteiger partial charge in [0.1, 0.15) is 17.2 Å². The Morgan fingerprint density at radius 3 is 2.58 bits per heavy atom. The summed E-state index contributed by atoms with van der Waals surface area (Å²) in [5.41, 5.74) is 1.33. The van der Waals surface area contributed by atoms with Gasteiger partial charge in [0.15, 0.2) is 0 Å². The number of carbonyl (C=O) groups is 2. The van der Waals surface area contributed by atoms with Crippen molar-refractivity contribution in [1.82, 2.24) is 15.2 Å². The molecule has 0 bridgehead atoms. The summed E-state index contributed by atoms with van der Waals surface area (Å²) >= 11 is 6.31. The van der Waals surface area contributed by atoms with E-state index in [0.717, 1.165) is 0 Å². The molecule has 0 spiro atoms. The average Bonchev–Trinajstić information content (AvgIpc) is 3.03. The number of alkyl halides is 2. The highest BCUT2D eigenvalue weighted by molar-refractivity contribution is 6.31. The Balaban J connectivity index is 1.64. The number of Topliss-reactive ketones (excluding diaryl/α,β-unsaturated/α-hetero) is 1. The largest absolute Gasteiger partial charge is 0.508 e. The molecule has 1 saturated heterocycles. The van der Waals surface area contributed by atoms with Crippen molar-refractivity contribution in [3.63, 3.8) is 0 Å². The molecule has 0 unspecified atom stereocenters. The molecule has 0 aliphatic carbocycles. The average molecular weight is 480 g/mol. The van der Waals surface area contributed by atoms with Crippen LogP contribution in [0.4, 0.5) is 8.78 Å². The van der Waals surface area contributed by atoms with Gasteiger partial charge in [-0.1, -0.05) is 11.6 Å². The molecule has 178 valence electrons. The van der Waals surface area contributed by atoms with Crippen molar-refractivity contribution in [3.05, 3.63) is 57.9 Å². The minimum atomic E-state index is -2.71. The molecule has 1 fully saturated rings. The predicted molar refractivity (Wildman–Crippen MR) is 122 cm³/mol. The fraction of sp³-hybridized carbons (Fsp3) is 0.458. The highest BCUT2D eigenvalue weighted by Crippen LogP contribution is 2.32. The van der Waals surface area contributed by atoms with Crippen LogP contribution in [0, 0.1) is 0 Å². The van der Waals surface area contributed by atoms with Gasteiger partial charge < -0.3 is 10.4 Å². The maximum absolute atomic E-state index is 13.4. The summed E-state index contributed by atoms with van der Waals surface area (Å²) in [5, 5.41) is 13.5. The number of rotatable bonds is 7. The lowest BCUT2D eigenvalue weighted by Gasteiger charge is -2.20. The van der Waals surface area contributed by atoms with Crippen LogP contribution in [-0.2, 0) is 24.2 Å². The molecule has 1 aliphatic heterocycles. The first-order chi connectivity index (χ1) is 15.3. The number of nitrogens with zero attached hydrogens (tertiary/aromatic N) is 2. The maximum atomic E-state index is 13.4. The van der Waals surface area contributed by atoms with Crippen LogP contribution in [0.1, 0.15) is 54.4 Å². The number of likely N-dealkylation sites (tertiary alicyclic amines) is 1. The van der Waals surface area contributed by atoms with E-state index in [-0.39, 0.29) is 62.0 Å². The molecule has 2 N–H and O–H groups in total. The van der Waals surface area contributed by atoms with Gasteiger partial charge in [-0.05, 0) is 56.2 Å². The van der Waals surface area contributed by atoms with Crippen LogP contribution in [-0.4, -0.2) is 51.2 Å². The zero-order valence-electron chi connectivity index (χ0n) is 18.9. The van der Waals surface area contributed by atoms with Crippen LogP contribution < -0.4 is 5.32 Å². The third-order valence-electron chi connectivity index (χ3n) is 5.22. The normalized spacial score (nSPS) is 16.1. The molecule has 0 saturated carbocycles. The zero-order chi connectivity index (χ0) is 24.4. The summed E-state index contributed by atoms with van der Waals surface area (Å²) in [7, 11) is 0. The molecule has 1 amide bonds. The van der Waals surface area contributed by atoms with E-state index in [4.69, 9.17) is 11.6 Å². The van der Waals surface area contributed by atoms with Gasteiger partial charge in [0.25, 0.3) is 11.8 Å². The van der Waals surface area contributed by atoms with Crippen LogP contribution in [0.5, 0.6) is 5.75 Å². The van der Waals surface area contributed by atoms with Crippen molar-refractivity contribution in [2.45, 2.75) is 58.0 Å². The lowest BCUT2D eigenvalue weighted by Crippen LogP contribution is -2.40. The lowest BCUT2D eigenvalue weighted by atomic mass is 10.0. The number of phenols is 1. The number of hydrogen-bond acceptors (Lipinski definition) is 5. The molecule has 6 nitrogen and oxygen atoms in total. The van der Waals surface area contributed by atoms with Crippen molar-refractivity contribution in [2.75, 3.05) is 13.1 Å². The maximum Gasteiger partial charge on any atom is 0.270 e. The summed E-state index contributed by atoms with van der Waals surface area (Å²) in [6, 6.07) is 6.17. The van der Waals surface area contributed by atoms with Crippen LogP contribution in [0.2, 0.25) is 5.02 Å². The van der Waals surface area contributed by atoms with E-state index in [1.165, 1.54) is 18.3 Å². The van der Waals surface area contributed by atoms with Crippen molar-refractivity contribution >= 4 is 23.3 Å². The first kappa shape index (κ1) is 25.1. The molecule has 0 atom stereocenters. The second-order valence-corrected chi connectivity index (χ2v) is 9.94. The van der Waals surface area contributed by atoms with Gasteiger partial charge in [0, 0.05) is 54.7 Å². The number of phenolic OH excluding ortho intramolecular Hbond substituents is 1. The van der Waals surface area contributed by atoms with Crippen LogP contribution >= 0.6 is 11.6 Å². The molecule has 9 heteroatoms. The molecular weight excluding hydrogens is 452 g/mol. The van der Waals surface area contributed by atoms with Crippen molar-refractivity contribution in [3.8, 4) is 5.75 Å². The number of halogens is 3. The molecule has 2 heterocycles. The number of aromatic hydroxyl groups is 1. The molecule has 2 aromatic rings. The van der Waals surface area contributed by atoms with Crippen LogP contribution in [0.3, 0.4) is 0 Å². The van der Waals surface area contributed by atoms with Gasteiger partial charge in [-0.2, -0.15) is 0 Å². The number of ketones is 1. The van der Waals surface area contributed by atoms with Gasteiger partial charge in [-0.3, -0.25) is 19.5 Å². The number of hydrogen-bond donors (Lipinski definition) is 2. The van der Waals surface area contributed by atoms with Crippen LogP contribution in [0.25, 0.3) is 0 Å². The third-order valence-corrected chi connectivity index (χ3v) is 5.58. The quantitative estimate of drug-likeness (QED) is 0.623. The highest BCUT2D eigenvalue weighted by Gasteiger charge is 2.38. The number of benzene rings is 1. The zero-order valence-corrected chi connectivity index (χ0v) is 19.7. The van der Waals surface area contributed by atoms with Crippen LogP contribution in [0.15, 0.2) is 30.5 Å². The number of amides is 1. The molecule has 0 radical (unpaired) electrons. The highest BCUT2D eigenvalue weighted by atomic mass is 35.5. The molecule has 1 aromatic heterocycles. The molecule has 1 aliphatic rings. The Morgan fingerprint density at radius 1 is 1.21 bits per heavy atom. The van der Waals surface area contributed by atoms with Crippen molar-refractivity contribution < 1.29 is 23.5 Å². The van der Waals surface area contributed by atoms with Gasteiger partial charge in [0.2, 0.25) is 0 Å². The SMILES string of the molecule is CC(C)(C)NC(=O)c1cc(CC(=O)Cc2cc(Cl)c(CN3CCC(F)(F)C3)cc2O)ccn1. The molecule has 3 rings (SSSR count). The van der Waals surface area contributed by atoms with E-state index in [1.54, 1.807) is 17.0 Å². The summed E-state index contributed by atoms with van der Waals surface area (Å²) in [4.78, 5) is 30.6. The molecular formula is C24H28ClF2N3O3. The Morgan fingerprint density at radius 2 is 1.94 bits per heavy atom. The van der Waals surface area contributed by atoms with Gasteiger partial charge >= 0.3 is 0 Å². The number of pyridine rings is 1. The van der Waals surface area contributed by atoms with E-state index in [1.807, 2.05) is 20.8 Å². The van der Waals surface area contributed by atoms with Crippen molar-refractivity contribution in [2.24, 2.45) is 0 Å². The lowest BCUT2D eigenvalue weighted by molar-refractivity contribution is -0.117. The Bertz CT molecular complexity index is 1050. The van der Waals surface area contributed by atoms with Gasteiger partial charge in [-0.25, -0.2) is 8.78 Å². The van der Waals surface area contributed by atoms with E-state index in [0.29, 0.717) is 21.7 Å². The second kappa shape index (κ2) is 9.73. The number of nitrogens with one attached hydrogen (secondary N) is 1. The first-order valence-corrected chi connectivity index (χ1v) is 11.1. The summed E-state index contributed by atoms with van der Waals surface area (Å²) < 4.78 is 26.8. The Kier molecular flexibility index (Phi) is 7.39. The summed E-state index contributed by atoms with van der Waals surface area (Å²) in [6.07, 6.45) is 1.28. The van der Waals surface area contributed by atoms with Gasteiger partial charge in [-0.15, -0.1) is 0 Å². The van der Waals surface area contributed by atoms with E-state index >= 15 is 0 Å². The smallest absolute Gasteiger partial charge is 0.270 e. The standard InChI is InChI=1S/C24H28ClF2N3O3/c1-23(2,3)29-22(33)20-9-15(4-6-28-20)8-18(31)10-16-11-19(25)17(12-21(16)32)13-30-7-5-24(26,27)14-30/h4,6,9,11-12,32H,5,7-8,10,13-14H2,1-3H3,(H,29,33). The fourth-order valence-electron chi connectivity index (χ4n) is 3.71. The van der Waals surface area contributed by atoms with Gasteiger partial charge in [0.05, 0.1) is 6.54 Å². The minimum Gasteiger partial charge on any atom is -0.508 e. The van der Waals surface area contributed by atoms with E-state index < -0.39 is 11.5 Å². The number of carbonyl (C=O) groups excluding carboxylic acids is 2. The van der Waals surface area contributed by atoms with E-state index in [2.05, 4.69) is 10.3 Å². The van der Waals surface area contributed by atoms with E-state index in [9.17, 15) is 23.5 Å². The second-order valence-electron chi connectivity index (χ2n) is 9.53. The first-order valence-electron chi connectivity index (χ1n) is 10.7. The van der Waals surface area contributed by atoms with Crippen molar-refractivity contribution in [1.29, 1.82) is 0 Å². The molecule has 33 heavy (non-hydrogen) atoms. The third kappa shape index (κ3) is 7.20. The summed E-state index contributed by atoms with van der Waals surface area (Å²) in [5.74, 6) is -3.32. The topological polar surface area (TPSA) is 82.5 Å². The molecule has 1 aromatic carbocycles. The Labute approximate surface area is 197 Å².